The van der Waals surface area contributed by atoms with Crippen molar-refractivity contribution < 1.29 is 0 Å². The Balaban J connectivity index is 1.86. The third-order valence-corrected chi connectivity index (χ3v) is 3.97. The summed E-state index contributed by atoms with van der Waals surface area (Å²) in [6.07, 6.45) is 4.38. The van der Waals surface area contributed by atoms with Gasteiger partial charge >= 0.3 is 0 Å². The molecule has 0 nitrogen and oxygen atoms in total. The van der Waals surface area contributed by atoms with Crippen LogP contribution in [-0.4, -0.2) is 5.75 Å². The minimum Gasteiger partial charge on any atom is -0.0997 e. The van der Waals surface area contributed by atoms with Gasteiger partial charge in [0, 0.05) is 5.75 Å². The average Bonchev–Trinajstić information content (AvgIpc) is 1.63. The SMILES string of the molecule is SSSCC1CCC1. The summed E-state index contributed by atoms with van der Waals surface area (Å²) in [5.74, 6) is 2.34. The fourth-order valence-corrected chi connectivity index (χ4v) is 2.68. The summed E-state index contributed by atoms with van der Waals surface area (Å²) in [7, 11) is 3.46. The lowest BCUT2D eigenvalue weighted by atomic mass is 9.87. The molecule has 0 aliphatic heterocycles. The van der Waals surface area contributed by atoms with E-state index in [0.29, 0.717) is 0 Å². The van der Waals surface area contributed by atoms with E-state index in [1.807, 2.05) is 10.8 Å². The smallest absolute Gasteiger partial charge is 0.00734 e. The zero-order valence-corrected chi connectivity index (χ0v) is 7.20. The second kappa shape index (κ2) is 3.96. The summed E-state index contributed by atoms with van der Waals surface area (Å²) in [6.45, 7) is 0. The van der Waals surface area contributed by atoms with Crippen LogP contribution in [0.5, 0.6) is 0 Å². The molecule has 1 saturated carbocycles. The van der Waals surface area contributed by atoms with E-state index >= 15 is 0 Å². The molecule has 0 heterocycles. The maximum absolute atomic E-state index is 4.04. The Morgan fingerprint density at radius 1 is 1.50 bits per heavy atom. The summed E-state index contributed by atoms with van der Waals surface area (Å²) < 4.78 is 0. The van der Waals surface area contributed by atoms with Gasteiger partial charge in [-0.2, -0.15) is 0 Å². The van der Waals surface area contributed by atoms with E-state index in [2.05, 4.69) is 11.7 Å². The predicted octanol–water partition coefficient (Wildman–Crippen LogP) is 3.01. The Kier molecular flexibility index (Phi) is 3.55. The van der Waals surface area contributed by atoms with Gasteiger partial charge in [-0.15, -0.1) is 0 Å². The molecule has 0 aromatic carbocycles. The van der Waals surface area contributed by atoms with E-state index in [-0.39, 0.29) is 0 Å². The van der Waals surface area contributed by atoms with Gasteiger partial charge in [-0.25, -0.2) is 0 Å². The van der Waals surface area contributed by atoms with Gasteiger partial charge in [0.25, 0.3) is 0 Å². The van der Waals surface area contributed by atoms with Gasteiger partial charge in [-0.3, -0.25) is 0 Å². The fourth-order valence-electron chi connectivity index (χ4n) is 0.786. The monoisotopic (exact) mass is 166 g/mol. The van der Waals surface area contributed by atoms with E-state index in [0.717, 1.165) is 5.92 Å². The molecule has 1 aliphatic rings. The first-order valence-corrected chi connectivity index (χ1v) is 6.23. The molecule has 0 aromatic heterocycles. The molecule has 1 rings (SSSR count). The topological polar surface area (TPSA) is 0 Å². The van der Waals surface area contributed by atoms with Crippen LogP contribution in [0.4, 0.5) is 0 Å². The van der Waals surface area contributed by atoms with Crippen LogP contribution in [0.1, 0.15) is 19.3 Å². The van der Waals surface area contributed by atoms with Crippen LogP contribution in [-0.2, 0) is 0 Å². The highest BCUT2D eigenvalue weighted by atomic mass is 33.5. The molecule has 48 valence electrons. The molecule has 0 saturated heterocycles. The Morgan fingerprint density at radius 2 is 2.25 bits per heavy atom. The van der Waals surface area contributed by atoms with E-state index in [1.54, 1.807) is 9.83 Å². The molecule has 0 atom stereocenters. The van der Waals surface area contributed by atoms with Crippen molar-refractivity contribution in [3.8, 4) is 0 Å². The largest absolute Gasteiger partial charge is 0.0997 e. The lowest BCUT2D eigenvalue weighted by Crippen LogP contribution is -2.12. The van der Waals surface area contributed by atoms with E-state index in [1.165, 1.54) is 25.0 Å². The molecule has 0 amide bonds. The molecule has 3 heteroatoms. The van der Waals surface area contributed by atoms with Crippen LogP contribution < -0.4 is 0 Å². The van der Waals surface area contributed by atoms with Gasteiger partial charge < -0.3 is 0 Å². The fraction of sp³-hybridized carbons (Fsp3) is 1.00. The summed E-state index contributed by atoms with van der Waals surface area (Å²) in [5.41, 5.74) is 0. The normalized spacial score (nSPS) is 20.6. The third-order valence-electron chi connectivity index (χ3n) is 1.58. The molecule has 0 aromatic rings. The van der Waals surface area contributed by atoms with E-state index in [4.69, 9.17) is 0 Å². The summed E-state index contributed by atoms with van der Waals surface area (Å²) >= 11 is 4.04. The predicted molar refractivity (Wildman–Crippen MR) is 46.4 cm³/mol. The maximum atomic E-state index is 4.04. The first-order valence-electron chi connectivity index (χ1n) is 2.86. The van der Waals surface area contributed by atoms with Gasteiger partial charge in [0.1, 0.15) is 0 Å². The highest BCUT2D eigenvalue weighted by Crippen LogP contribution is 2.35. The molecular weight excluding hydrogens is 156 g/mol. The lowest BCUT2D eigenvalue weighted by Gasteiger charge is -2.23. The van der Waals surface area contributed by atoms with Crippen molar-refractivity contribution in [1.29, 1.82) is 0 Å². The van der Waals surface area contributed by atoms with Gasteiger partial charge in [0.2, 0.25) is 0 Å². The van der Waals surface area contributed by atoms with E-state index < -0.39 is 0 Å². The number of thiol groups is 1. The van der Waals surface area contributed by atoms with Crippen molar-refractivity contribution in [2.24, 2.45) is 5.92 Å². The number of hydrogen-bond donors (Lipinski definition) is 1. The standard InChI is InChI=1S/C5H10S3/c6-8-7-4-5-2-1-3-5/h5-6H,1-4H2. The minimum atomic E-state index is 1.03. The van der Waals surface area contributed by atoms with Crippen LogP contribution in [0.15, 0.2) is 0 Å². The van der Waals surface area contributed by atoms with Crippen molar-refractivity contribution in [2.45, 2.75) is 19.3 Å². The highest BCUT2D eigenvalue weighted by Gasteiger charge is 2.16. The Hall–Kier alpha value is 1.05. The second-order valence-electron chi connectivity index (χ2n) is 2.16. The van der Waals surface area contributed by atoms with Gasteiger partial charge in [0.15, 0.2) is 0 Å². The van der Waals surface area contributed by atoms with Gasteiger partial charge in [-0.1, -0.05) is 28.9 Å². The van der Waals surface area contributed by atoms with Crippen molar-refractivity contribution in [3.05, 3.63) is 0 Å². The molecule has 1 aliphatic carbocycles. The summed E-state index contributed by atoms with van der Waals surface area (Å²) in [6, 6.07) is 0. The van der Waals surface area contributed by atoms with Crippen molar-refractivity contribution >= 4 is 32.3 Å². The van der Waals surface area contributed by atoms with Crippen molar-refractivity contribution in [2.75, 3.05) is 5.75 Å². The van der Waals surface area contributed by atoms with Crippen LogP contribution in [0.3, 0.4) is 0 Å². The minimum absolute atomic E-state index is 1.03. The molecule has 0 N–H and O–H groups in total. The molecule has 1 fully saturated rings. The van der Waals surface area contributed by atoms with Crippen molar-refractivity contribution in [1.82, 2.24) is 0 Å². The maximum Gasteiger partial charge on any atom is 0.00734 e. The van der Waals surface area contributed by atoms with E-state index in [9.17, 15) is 0 Å². The second-order valence-corrected chi connectivity index (χ2v) is 5.37. The van der Waals surface area contributed by atoms with Gasteiger partial charge in [0.05, 0.1) is 0 Å². The molecule has 0 spiro atoms. The zero-order chi connectivity index (χ0) is 5.82. The Labute approximate surface area is 63.4 Å². The molecule has 0 unspecified atom stereocenters. The summed E-state index contributed by atoms with van der Waals surface area (Å²) in [4.78, 5) is 0. The number of rotatable bonds is 3. The first kappa shape index (κ1) is 7.16. The Morgan fingerprint density at radius 3 is 2.62 bits per heavy atom. The molecule has 0 radical (unpaired) electrons. The Bertz CT molecular complexity index is 60.7. The third kappa shape index (κ3) is 2.11. The quantitative estimate of drug-likeness (QED) is 0.505. The van der Waals surface area contributed by atoms with Crippen molar-refractivity contribution in [3.63, 3.8) is 0 Å². The molecule has 8 heavy (non-hydrogen) atoms. The van der Waals surface area contributed by atoms with Gasteiger partial charge in [-0.05, 0) is 28.6 Å². The summed E-state index contributed by atoms with van der Waals surface area (Å²) in [5, 5.41) is 0. The van der Waals surface area contributed by atoms with Crippen LogP contribution >= 0.6 is 32.3 Å². The first-order chi connectivity index (χ1) is 3.93. The molecule has 0 bridgehead atoms. The van der Waals surface area contributed by atoms with Crippen LogP contribution in [0, 0.1) is 5.92 Å². The molecular formula is C5H10S3. The van der Waals surface area contributed by atoms with Crippen LogP contribution in [0.25, 0.3) is 0 Å². The lowest BCUT2D eigenvalue weighted by molar-refractivity contribution is 0.353. The zero-order valence-electron chi connectivity index (χ0n) is 4.67. The van der Waals surface area contributed by atoms with Crippen LogP contribution in [0.2, 0.25) is 0 Å². The number of hydrogen-bond acceptors (Lipinski definition) is 3. The highest BCUT2D eigenvalue weighted by molar-refractivity contribution is 9.05. The average molecular weight is 166 g/mol.